The normalized spacial score (nSPS) is 14.4. The van der Waals surface area contributed by atoms with Crippen LogP contribution in [0.5, 0.6) is 0 Å². The lowest BCUT2D eigenvalue weighted by atomic mass is 9.92. The maximum absolute atomic E-state index is 12.2. The van der Waals surface area contributed by atoms with E-state index >= 15 is 0 Å². The number of carbonyl (C=O) groups excluding carboxylic acids is 1. The van der Waals surface area contributed by atoms with Crippen LogP contribution in [0.1, 0.15) is 39.2 Å². The zero-order valence-corrected chi connectivity index (χ0v) is 10.9. The molecule has 0 saturated heterocycles. The van der Waals surface area contributed by atoms with E-state index < -0.39 is 5.54 Å². The predicted octanol–water partition coefficient (Wildman–Crippen LogP) is 2.17. The van der Waals surface area contributed by atoms with Crippen LogP contribution in [0.3, 0.4) is 0 Å². The van der Waals surface area contributed by atoms with Gasteiger partial charge in [0.25, 0.3) is 0 Å². The molecule has 1 amide bonds. The third kappa shape index (κ3) is 3.30. The molecule has 1 unspecified atom stereocenters. The molecule has 1 aromatic rings. The molecule has 1 aromatic carbocycles. The zero-order chi connectivity index (χ0) is 12.9. The number of hydrogen-bond acceptors (Lipinski definition) is 2. The van der Waals surface area contributed by atoms with Gasteiger partial charge in [0.1, 0.15) is 5.54 Å². The van der Waals surface area contributed by atoms with E-state index in [-0.39, 0.29) is 11.9 Å². The Morgan fingerprint density at radius 1 is 1.29 bits per heavy atom. The number of nitrogens with two attached hydrogens (primary N) is 1. The van der Waals surface area contributed by atoms with Crippen molar-refractivity contribution in [2.45, 2.75) is 45.2 Å². The van der Waals surface area contributed by atoms with Crippen molar-refractivity contribution in [3.8, 4) is 0 Å². The molecule has 0 radical (unpaired) electrons. The van der Waals surface area contributed by atoms with E-state index in [0.717, 1.165) is 18.4 Å². The number of amides is 1. The third-order valence-electron chi connectivity index (χ3n) is 3.17. The SMILES string of the molecule is CCC(CC)NC(=O)C(C)(N)c1ccccc1. The molecule has 0 spiro atoms. The second kappa shape index (κ2) is 5.82. The standard InChI is InChI=1S/C14H22N2O/c1-4-12(5-2)16-13(17)14(3,15)11-9-7-6-8-10-11/h6-10,12H,4-5,15H2,1-3H3,(H,16,17). The van der Waals surface area contributed by atoms with Gasteiger partial charge in [0.05, 0.1) is 0 Å². The van der Waals surface area contributed by atoms with Gasteiger partial charge in [-0.25, -0.2) is 0 Å². The summed E-state index contributed by atoms with van der Waals surface area (Å²) in [5.74, 6) is -0.114. The highest BCUT2D eigenvalue weighted by atomic mass is 16.2. The highest BCUT2D eigenvalue weighted by Gasteiger charge is 2.31. The van der Waals surface area contributed by atoms with Crippen LogP contribution >= 0.6 is 0 Å². The Bertz CT molecular complexity index is 356. The fourth-order valence-electron chi connectivity index (χ4n) is 1.74. The first-order valence-corrected chi connectivity index (χ1v) is 6.17. The van der Waals surface area contributed by atoms with Gasteiger partial charge in [0.15, 0.2) is 0 Å². The van der Waals surface area contributed by atoms with E-state index in [0.29, 0.717) is 0 Å². The molecule has 0 bridgehead atoms. The van der Waals surface area contributed by atoms with Crippen LogP contribution in [0, 0.1) is 0 Å². The molecule has 3 heteroatoms. The van der Waals surface area contributed by atoms with Gasteiger partial charge >= 0.3 is 0 Å². The Morgan fingerprint density at radius 2 is 1.82 bits per heavy atom. The van der Waals surface area contributed by atoms with E-state index in [2.05, 4.69) is 19.2 Å². The van der Waals surface area contributed by atoms with E-state index in [1.165, 1.54) is 0 Å². The van der Waals surface area contributed by atoms with E-state index in [1.54, 1.807) is 6.92 Å². The molecule has 1 rings (SSSR count). The van der Waals surface area contributed by atoms with E-state index in [4.69, 9.17) is 5.73 Å². The van der Waals surface area contributed by atoms with Crippen LogP contribution in [-0.4, -0.2) is 11.9 Å². The minimum atomic E-state index is -0.968. The molecule has 3 N–H and O–H groups in total. The summed E-state index contributed by atoms with van der Waals surface area (Å²) in [6, 6.07) is 9.67. The van der Waals surface area contributed by atoms with Gasteiger partial charge in [-0.3, -0.25) is 4.79 Å². The highest BCUT2D eigenvalue weighted by Crippen LogP contribution is 2.17. The summed E-state index contributed by atoms with van der Waals surface area (Å²) in [7, 11) is 0. The van der Waals surface area contributed by atoms with Crippen LogP contribution in [-0.2, 0) is 10.3 Å². The van der Waals surface area contributed by atoms with Gasteiger partial charge in [-0.05, 0) is 25.3 Å². The van der Waals surface area contributed by atoms with Crippen molar-refractivity contribution >= 4 is 5.91 Å². The maximum atomic E-state index is 12.2. The molecule has 0 aliphatic rings. The first-order chi connectivity index (χ1) is 8.02. The summed E-state index contributed by atoms with van der Waals surface area (Å²) in [5, 5.41) is 2.99. The van der Waals surface area contributed by atoms with E-state index in [9.17, 15) is 4.79 Å². The van der Waals surface area contributed by atoms with E-state index in [1.807, 2.05) is 30.3 Å². The molecular weight excluding hydrogens is 212 g/mol. The van der Waals surface area contributed by atoms with Gasteiger partial charge in [-0.15, -0.1) is 0 Å². The highest BCUT2D eigenvalue weighted by molar-refractivity contribution is 5.87. The molecule has 94 valence electrons. The molecule has 3 nitrogen and oxygen atoms in total. The Morgan fingerprint density at radius 3 is 2.29 bits per heavy atom. The maximum Gasteiger partial charge on any atom is 0.244 e. The summed E-state index contributed by atoms with van der Waals surface area (Å²) < 4.78 is 0. The van der Waals surface area contributed by atoms with Crippen molar-refractivity contribution in [1.29, 1.82) is 0 Å². The van der Waals surface area contributed by atoms with Gasteiger partial charge in [0.2, 0.25) is 5.91 Å². The monoisotopic (exact) mass is 234 g/mol. The number of benzene rings is 1. The van der Waals surface area contributed by atoms with Crippen molar-refractivity contribution in [1.82, 2.24) is 5.32 Å². The van der Waals surface area contributed by atoms with Crippen LogP contribution < -0.4 is 11.1 Å². The molecule has 0 aromatic heterocycles. The minimum Gasteiger partial charge on any atom is -0.351 e. The third-order valence-corrected chi connectivity index (χ3v) is 3.17. The molecular formula is C14H22N2O. The summed E-state index contributed by atoms with van der Waals surface area (Å²) in [6.07, 6.45) is 1.85. The number of carbonyl (C=O) groups is 1. The first-order valence-electron chi connectivity index (χ1n) is 6.17. The van der Waals surface area contributed by atoms with Crippen molar-refractivity contribution < 1.29 is 4.79 Å². The lowest BCUT2D eigenvalue weighted by molar-refractivity contribution is -0.126. The molecule has 0 saturated carbocycles. The Hall–Kier alpha value is -1.35. The number of hydrogen-bond donors (Lipinski definition) is 2. The van der Waals surface area contributed by atoms with Gasteiger partial charge in [-0.1, -0.05) is 44.2 Å². The molecule has 0 aliphatic heterocycles. The Balaban J connectivity index is 2.80. The second-order valence-corrected chi connectivity index (χ2v) is 4.56. The van der Waals surface area contributed by atoms with Crippen molar-refractivity contribution in [3.05, 3.63) is 35.9 Å². The average molecular weight is 234 g/mol. The fraction of sp³-hybridized carbons (Fsp3) is 0.500. The number of nitrogens with one attached hydrogen (secondary N) is 1. The van der Waals surface area contributed by atoms with Crippen LogP contribution in [0.25, 0.3) is 0 Å². The molecule has 17 heavy (non-hydrogen) atoms. The van der Waals surface area contributed by atoms with Crippen LogP contribution in [0.4, 0.5) is 0 Å². The summed E-state index contributed by atoms with van der Waals surface area (Å²) in [5.41, 5.74) is 6.00. The largest absolute Gasteiger partial charge is 0.351 e. The lowest BCUT2D eigenvalue weighted by Crippen LogP contribution is -2.51. The summed E-state index contributed by atoms with van der Waals surface area (Å²) in [6.45, 7) is 5.87. The van der Waals surface area contributed by atoms with Gasteiger partial charge in [0, 0.05) is 6.04 Å². The summed E-state index contributed by atoms with van der Waals surface area (Å²) >= 11 is 0. The average Bonchev–Trinajstić information content (AvgIpc) is 2.36. The zero-order valence-electron chi connectivity index (χ0n) is 10.9. The molecule has 0 heterocycles. The summed E-state index contributed by atoms with van der Waals surface area (Å²) in [4.78, 5) is 12.2. The topological polar surface area (TPSA) is 55.1 Å². The van der Waals surface area contributed by atoms with Crippen LogP contribution in [0.15, 0.2) is 30.3 Å². The van der Waals surface area contributed by atoms with Crippen LogP contribution in [0.2, 0.25) is 0 Å². The first kappa shape index (κ1) is 13.7. The molecule has 0 fully saturated rings. The van der Waals surface area contributed by atoms with Crippen molar-refractivity contribution in [2.24, 2.45) is 5.73 Å². The van der Waals surface area contributed by atoms with Crippen molar-refractivity contribution in [2.75, 3.05) is 0 Å². The van der Waals surface area contributed by atoms with Crippen molar-refractivity contribution in [3.63, 3.8) is 0 Å². The molecule has 0 aliphatic carbocycles. The second-order valence-electron chi connectivity index (χ2n) is 4.56. The fourth-order valence-corrected chi connectivity index (χ4v) is 1.74. The van der Waals surface area contributed by atoms with Gasteiger partial charge < -0.3 is 11.1 Å². The quantitative estimate of drug-likeness (QED) is 0.820. The Kier molecular flexibility index (Phi) is 4.70. The minimum absolute atomic E-state index is 0.114. The number of rotatable bonds is 5. The smallest absolute Gasteiger partial charge is 0.244 e. The Labute approximate surface area is 103 Å². The predicted molar refractivity (Wildman–Crippen MR) is 70.5 cm³/mol. The molecule has 1 atom stereocenters. The lowest BCUT2D eigenvalue weighted by Gasteiger charge is -2.27. The van der Waals surface area contributed by atoms with Gasteiger partial charge in [-0.2, -0.15) is 0 Å².